The Morgan fingerprint density at radius 2 is 1.53 bits per heavy atom. The summed E-state index contributed by atoms with van der Waals surface area (Å²) in [5, 5.41) is 13.5. The van der Waals surface area contributed by atoms with Gasteiger partial charge in [-0.1, -0.05) is 37.8 Å². The monoisotopic (exact) mass is 791 g/mol. The third kappa shape index (κ3) is 11.6. The van der Waals surface area contributed by atoms with Crippen LogP contribution in [0, 0.1) is 13.8 Å². The lowest BCUT2D eigenvalue weighted by molar-refractivity contribution is -0.145. The molecule has 2 aromatic carbocycles. The van der Waals surface area contributed by atoms with Gasteiger partial charge in [0.1, 0.15) is 5.75 Å². The lowest BCUT2D eigenvalue weighted by atomic mass is 10.00. The van der Waals surface area contributed by atoms with Crippen LogP contribution in [0.3, 0.4) is 0 Å². The zero-order chi connectivity index (χ0) is 39.8. The first-order valence-corrected chi connectivity index (χ1v) is 20.4. The van der Waals surface area contributed by atoms with E-state index in [1.807, 2.05) is 74.1 Å². The number of piperazine rings is 1. The summed E-state index contributed by atoms with van der Waals surface area (Å²) in [4.78, 5) is 65.5. The predicted octanol–water partition coefficient (Wildman–Crippen LogP) is 4.35. The van der Waals surface area contributed by atoms with Crippen LogP contribution >= 0.6 is 0 Å². The minimum absolute atomic E-state index is 0. The van der Waals surface area contributed by atoms with E-state index in [1.54, 1.807) is 4.90 Å². The normalized spacial score (nSPS) is 19.3. The molecule has 14 heteroatoms. The van der Waals surface area contributed by atoms with Crippen LogP contribution in [0.25, 0.3) is 0 Å². The molecule has 0 spiro atoms. The van der Waals surface area contributed by atoms with Crippen LogP contribution in [-0.2, 0) is 31.9 Å². The van der Waals surface area contributed by atoms with Crippen LogP contribution in [-0.4, -0.2) is 169 Å². The molecular weight excluding hydrogens is 727 g/mol. The van der Waals surface area contributed by atoms with Crippen molar-refractivity contribution in [3.63, 3.8) is 0 Å². The molecule has 3 fully saturated rings. The number of carbonyl (C=O) groups is 4. The number of urea groups is 1. The van der Waals surface area contributed by atoms with Gasteiger partial charge in [-0.2, -0.15) is 0 Å². The number of ether oxygens (including phenoxy) is 2. The van der Waals surface area contributed by atoms with Gasteiger partial charge in [-0.25, -0.2) is 9.59 Å². The largest absolute Gasteiger partial charge is 0.507 e. The average Bonchev–Trinajstić information content (AvgIpc) is 3.36. The first kappa shape index (κ1) is 43.7. The Morgan fingerprint density at radius 3 is 2.19 bits per heavy atom. The van der Waals surface area contributed by atoms with Gasteiger partial charge in [-0.15, -0.1) is 0 Å². The number of piperidine rings is 2. The summed E-state index contributed by atoms with van der Waals surface area (Å²) in [7, 11) is 4.01. The van der Waals surface area contributed by atoms with E-state index in [2.05, 4.69) is 20.0 Å². The van der Waals surface area contributed by atoms with Gasteiger partial charge in [0.05, 0.1) is 13.2 Å². The summed E-state index contributed by atoms with van der Waals surface area (Å²) in [6.07, 6.45) is 3.40. The van der Waals surface area contributed by atoms with Gasteiger partial charge in [0, 0.05) is 89.6 Å². The number of fused-ring (bicyclic) bond motifs is 1. The molecule has 57 heavy (non-hydrogen) atoms. The van der Waals surface area contributed by atoms with Crippen molar-refractivity contribution in [1.29, 1.82) is 0 Å². The SMILES string of the molecule is C.Cc1cc(C[C@@H](OC(=O)N2CCC(N3CCc4ccccc4NC3=O)CC2)C(=O)N2CCN(C3CCN(CC(=O)OCCCN(C)C)CC3)CC2)cc(C)c1O. The first-order valence-electron chi connectivity index (χ1n) is 20.4. The van der Waals surface area contributed by atoms with E-state index < -0.39 is 12.2 Å². The summed E-state index contributed by atoms with van der Waals surface area (Å²) in [5.74, 6) is -0.160. The fourth-order valence-electron chi connectivity index (χ4n) is 8.60. The number of benzene rings is 2. The first-order chi connectivity index (χ1) is 26.9. The molecule has 2 aromatic rings. The highest BCUT2D eigenvalue weighted by Gasteiger charge is 2.36. The number of anilines is 1. The Kier molecular flexibility index (Phi) is 15.6. The highest BCUT2D eigenvalue weighted by atomic mass is 16.6. The number of rotatable bonds is 12. The zero-order valence-corrected chi connectivity index (χ0v) is 33.7. The number of phenolic OH excluding ortho intramolecular Hbond substituents is 1. The van der Waals surface area contributed by atoms with Gasteiger partial charge in [-0.3, -0.25) is 19.4 Å². The fourth-order valence-corrected chi connectivity index (χ4v) is 8.60. The van der Waals surface area contributed by atoms with Crippen LogP contribution < -0.4 is 5.32 Å². The van der Waals surface area contributed by atoms with E-state index in [-0.39, 0.29) is 43.5 Å². The molecule has 4 heterocycles. The van der Waals surface area contributed by atoms with Crippen molar-refractivity contribution in [2.75, 3.05) is 98.0 Å². The molecule has 1 atom stereocenters. The number of aryl methyl sites for hydroxylation is 2. The maximum Gasteiger partial charge on any atom is 0.410 e. The summed E-state index contributed by atoms with van der Waals surface area (Å²) in [6, 6.07) is 11.8. The van der Waals surface area contributed by atoms with Crippen LogP contribution in [0.5, 0.6) is 5.75 Å². The van der Waals surface area contributed by atoms with Gasteiger partial charge in [0.25, 0.3) is 5.91 Å². The Labute approximate surface area is 339 Å². The molecule has 314 valence electrons. The number of carbonyl (C=O) groups excluding carboxylic acids is 4. The molecule has 0 radical (unpaired) electrons. The molecule has 0 aromatic heterocycles. The summed E-state index contributed by atoms with van der Waals surface area (Å²) >= 11 is 0. The minimum atomic E-state index is -1.02. The second kappa shape index (κ2) is 20.3. The molecule has 4 aliphatic heterocycles. The van der Waals surface area contributed by atoms with Gasteiger partial charge >= 0.3 is 18.1 Å². The number of esters is 1. The van der Waals surface area contributed by atoms with Crippen molar-refractivity contribution in [1.82, 2.24) is 29.4 Å². The average molecular weight is 792 g/mol. The summed E-state index contributed by atoms with van der Waals surface area (Å²) in [6.45, 7) is 10.9. The summed E-state index contributed by atoms with van der Waals surface area (Å²) < 4.78 is 11.5. The Morgan fingerprint density at radius 1 is 0.877 bits per heavy atom. The number of hydrogen-bond acceptors (Lipinski definition) is 10. The molecule has 0 saturated carbocycles. The Balaban J connectivity index is 0.00000620. The third-order valence-corrected chi connectivity index (χ3v) is 11.9. The highest BCUT2D eigenvalue weighted by Crippen LogP contribution is 2.27. The van der Waals surface area contributed by atoms with Gasteiger partial charge < -0.3 is 39.5 Å². The molecule has 4 amide bonds. The molecule has 0 aliphatic carbocycles. The lowest BCUT2D eigenvalue weighted by Crippen LogP contribution is -2.57. The van der Waals surface area contributed by atoms with Gasteiger partial charge in [0.2, 0.25) is 0 Å². The quantitative estimate of drug-likeness (QED) is 0.236. The van der Waals surface area contributed by atoms with E-state index >= 15 is 0 Å². The predicted molar refractivity (Wildman–Crippen MR) is 220 cm³/mol. The van der Waals surface area contributed by atoms with Crippen molar-refractivity contribution in [2.45, 2.75) is 84.4 Å². The number of hydrogen-bond donors (Lipinski definition) is 2. The Bertz CT molecular complexity index is 1660. The molecule has 4 aliphatic rings. The maximum absolute atomic E-state index is 14.2. The summed E-state index contributed by atoms with van der Waals surface area (Å²) in [5.41, 5.74) is 4.19. The molecule has 0 bridgehead atoms. The molecule has 14 nitrogen and oxygen atoms in total. The topological polar surface area (TPSA) is 138 Å². The van der Waals surface area contributed by atoms with Crippen molar-refractivity contribution < 1.29 is 33.8 Å². The minimum Gasteiger partial charge on any atom is -0.507 e. The van der Waals surface area contributed by atoms with Crippen molar-refractivity contribution in [2.24, 2.45) is 0 Å². The van der Waals surface area contributed by atoms with Gasteiger partial charge in [0.15, 0.2) is 6.10 Å². The van der Waals surface area contributed by atoms with E-state index in [4.69, 9.17) is 9.47 Å². The second-order valence-corrected chi connectivity index (χ2v) is 16.1. The highest BCUT2D eigenvalue weighted by molar-refractivity contribution is 5.91. The van der Waals surface area contributed by atoms with Crippen LogP contribution in [0.2, 0.25) is 0 Å². The second-order valence-electron chi connectivity index (χ2n) is 16.1. The number of likely N-dealkylation sites (tertiary alicyclic amines) is 2. The number of nitrogens with one attached hydrogen (secondary N) is 1. The van der Waals surface area contributed by atoms with Crippen LogP contribution in [0.1, 0.15) is 61.8 Å². The number of phenols is 1. The molecule has 0 unspecified atom stereocenters. The number of para-hydroxylation sites is 1. The number of nitrogens with zero attached hydrogens (tertiary/aromatic N) is 6. The standard InChI is InChI=1S/C42H61N7O7.CH4/c1-30-26-32(27-31(2)39(30)51)28-37(56-42(54)48-18-13-35(14-19-48)49-20-10-33-8-5-6-9-36(33)43-41(49)53)40(52)47-23-21-46(22-24-47)34-11-16-45(17-12-34)29-38(50)55-25-7-15-44(3)4;/h5-6,8-9,26-27,34-35,37,51H,7,10-25,28-29H2,1-4H3,(H,43,53);1H4/t37-;/m1./s1. The van der Waals surface area contributed by atoms with E-state index in [0.29, 0.717) is 75.9 Å². The van der Waals surface area contributed by atoms with Crippen molar-refractivity contribution in [3.05, 3.63) is 58.7 Å². The van der Waals surface area contributed by atoms with Crippen molar-refractivity contribution in [3.8, 4) is 5.75 Å². The fraction of sp³-hybridized carbons (Fsp3) is 0.628. The third-order valence-electron chi connectivity index (χ3n) is 11.9. The molecule has 2 N–H and O–H groups in total. The maximum atomic E-state index is 14.2. The zero-order valence-electron chi connectivity index (χ0n) is 33.7. The number of aromatic hydroxyl groups is 1. The van der Waals surface area contributed by atoms with E-state index in [1.165, 1.54) is 0 Å². The van der Waals surface area contributed by atoms with E-state index in [9.17, 15) is 24.3 Å². The van der Waals surface area contributed by atoms with Crippen molar-refractivity contribution >= 4 is 29.7 Å². The molecular formula is C43H65N7O7. The van der Waals surface area contributed by atoms with Crippen LogP contribution in [0.15, 0.2) is 36.4 Å². The van der Waals surface area contributed by atoms with Gasteiger partial charge in [-0.05, 0) is 94.8 Å². The Hall–Kier alpha value is -4.40. The van der Waals surface area contributed by atoms with E-state index in [0.717, 1.165) is 75.2 Å². The smallest absolute Gasteiger partial charge is 0.410 e. The number of amides is 4. The molecule has 3 saturated heterocycles. The lowest BCUT2D eigenvalue weighted by Gasteiger charge is -2.43. The van der Waals surface area contributed by atoms with Crippen LogP contribution in [0.4, 0.5) is 15.3 Å². The molecule has 6 rings (SSSR count).